The number of fused-ring (bicyclic) bond motifs is 2. The van der Waals surface area contributed by atoms with Crippen LogP contribution in [0, 0.1) is 5.41 Å². The zero-order valence-corrected chi connectivity index (χ0v) is 21.8. The van der Waals surface area contributed by atoms with E-state index < -0.39 is 45.0 Å². The van der Waals surface area contributed by atoms with Gasteiger partial charge in [0.2, 0.25) is 10.0 Å². The van der Waals surface area contributed by atoms with Crippen LogP contribution < -0.4 is 5.73 Å². The number of hydrogen-bond acceptors (Lipinski definition) is 8. The number of halogens is 3. The number of pyridine rings is 1. The van der Waals surface area contributed by atoms with Gasteiger partial charge in [-0.3, -0.25) is 19.9 Å². The van der Waals surface area contributed by atoms with E-state index in [1.165, 1.54) is 11.4 Å². The lowest BCUT2D eigenvalue weighted by Gasteiger charge is -2.49. The van der Waals surface area contributed by atoms with Crippen molar-refractivity contribution in [3.05, 3.63) is 63.7 Å². The maximum atomic E-state index is 14.2. The number of alkyl halides is 3. The molecule has 2 aliphatic carbocycles. The molecule has 0 spiro atoms. The Balaban J connectivity index is 1.60. The minimum absolute atomic E-state index is 0.0388. The van der Waals surface area contributed by atoms with Gasteiger partial charge in [0.15, 0.2) is 5.78 Å². The first-order valence-electron chi connectivity index (χ1n) is 12.3. The van der Waals surface area contributed by atoms with E-state index in [1.54, 1.807) is 12.3 Å². The van der Waals surface area contributed by atoms with Crippen LogP contribution in [0.1, 0.15) is 46.6 Å². The number of nitrogens with zero attached hydrogens (tertiary/aromatic N) is 4. The van der Waals surface area contributed by atoms with E-state index in [9.17, 15) is 26.4 Å². The molecule has 14 heteroatoms. The third kappa shape index (κ3) is 4.70. The van der Waals surface area contributed by atoms with E-state index >= 15 is 0 Å². The number of Topliss-reactive ketones (excluding diaryl/α,β-unsaturated/α-hetero) is 1. The molecule has 0 aromatic carbocycles. The van der Waals surface area contributed by atoms with Crippen molar-refractivity contribution in [2.75, 3.05) is 20.3 Å². The minimum atomic E-state index is -4.66. The Morgan fingerprint density at radius 1 is 1.33 bits per heavy atom. The van der Waals surface area contributed by atoms with E-state index in [4.69, 9.17) is 10.5 Å². The number of nitrogens with two attached hydrogens (primary N) is 1. The molecule has 5 rings (SSSR count). The summed E-state index contributed by atoms with van der Waals surface area (Å²) < 4.78 is 74.7. The Morgan fingerprint density at radius 3 is 2.74 bits per heavy atom. The number of aliphatic imine (C=N–C) groups is 1. The van der Waals surface area contributed by atoms with E-state index in [0.29, 0.717) is 29.7 Å². The number of ketones is 1. The van der Waals surface area contributed by atoms with Gasteiger partial charge in [-0.1, -0.05) is 5.57 Å². The van der Waals surface area contributed by atoms with Gasteiger partial charge in [0.05, 0.1) is 42.1 Å². The van der Waals surface area contributed by atoms with Gasteiger partial charge in [-0.25, -0.2) is 8.42 Å². The molecule has 3 heterocycles. The van der Waals surface area contributed by atoms with Crippen molar-refractivity contribution in [1.82, 2.24) is 19.5 Å². The Morgan fingerprint density at radius 2 is 2.10 bits per heavy atom. The van der Waals surface area contributed by atoms with Gasteiger partial charge in [-0.15, -0.1) is 0 Å². The molecule has 1 aliphatic heterocycles. The van der Waals surface area contributed by atoms with E-state index in [2.05, 4.69) is 20.2 Å². The van der Waals surface area contributed by atoms with Crippen molar-refractivity contribution in [3.63, 3.8) is 0 Å². The molecule has 2 atom stereocenters. The van der Waals surface area contributed by atoms with Crippen molar-refractivity contribution in [1.29, 1.82) is 0 Å². The average molecular weight is 565 g/mol. The maximum Gasteiger partial charge on any atom is 0.416 e. The Bertz CT molecular complexity index is 1480. The number of hydrogen-bond donors (Lipinski definition) is 2. The molecule has 10 nitrogen and oxygen atoms in total. The van der Waals surface area contributed by atoms with E-state index in [0.717, 1.165) is 30.7 Å². The largest absolute Gasteiger partial charge is 0.416 e. The number of sulfonamides is 1. The summed E-state index contributed by atoms with van der Waals surface area (Å²) in [6, 6.07) is 0.414. The van der Waals surface area contributed by atoms with Crippen LogP contribution in [0.15, 0.2) is 46.2 Å². The summed E-state index contributed by atoms with van der Waals surface area (Å²) in [6.07, 6.45) is 2.71. The SMILES string of the molecule is CN=CC(=CN)S(=O)(=O)N(C1COC1)[C@H]1CCC2=Cc3[nH]ncc3C[C@]2(C(=O)c2cc(C(F)(F)F)ccn2)C1. The fraction of sp³-hybridized carbons (Fsp3) is 0.440. The van der Waals surface area contributed by atoms with Crippen molar-refractivity contribution in [2.45, 2.75) is 43.9 Å². The number of H-pyrrole nitrogens is 1. The number of allylic oxidation sites excluding steroid dienone is 2. The molecule has 0 amide bonds. The highest BCUT2D eigenvalue weighted by Gasteiger charge is 2.53. The second-order valence-corrected chi connectivity index (χ2v) is 11.7. The lowest BCUT2D eigenvalue weighted by Crippen LogP contribution is -2.59. The molecule has 1 saturated heterocycles. The number of nitrogens with one attached hydrogen (secondary N) is 1. The Kier molecular flexibility index (Phi) is 6.97. The number of aromatic amines is 1. The van der Waals surface area contributed by atoms with E-state index in [-0.39, 0.29) is 36.7 Å². The van der Waals surface area contributed by atoms with Crippen LogP contribution in [0.5, 0.6) is 0 Å². The topological polar surface area (TPSA) is 144 Å². The fourth-order valence-electron chi connectivity index (χ4n) is 5.70. The average Bonchev–Trinajstić information content (AvgIpc) is 3.33. The number of aromatic nitrogens is 3. The number of ether oxygens (including phenoxy) is 1. The predicted octanol–water partition coefficient (Wildman–Crippen LogP) is 2.72. The van der Waals surface area contributed by atoms with Gasteiger partial charge in [0.1, 0.15) is 10.6 Å². The zero-order valence-electron chi connectivity index (χ0n) is 21.0. The number of rotatable bonds is 7. The smallest absolute Gasteiger partial charge is 0.403 e. The molecule has 1 saturated carbocycles. The molecule has 2 fully saturated rings. The number of carbonyl (C=O) groups excluding carboxylic acids is 1. The molecule has 3 aliphatic rings. The third-order valence-corrected chi connectivity index (χ3v) is 9.59. The lowest BCUT2D eigenvalue weighted by molar-refractivity contribution is -0.137. The van der Waals surface area contributed by atoms with Crippen LogP contribution in [0.4, 0.5) is 13.2 Å². The highest BCUT2D eigenvalue weighted by molar-refractivity contribution is 7.93. The first-order chi connectivity index (χ1) is 18.5. The first kappa shape index (κ1) is 27.2. The summed E-state index contributed by atoms with van der Waals surface area (Å²) >= 11 is 0. The van der Waals surface area contributed by atoms with Crippen LogP contribution in [0.25, 0.3) is 6.08 Å². The summed E-state index contributed by atoms with van der Waals surface area (Å²) in [5, 5.41) is 6.95. The van der Waals surface area contributed by atoms with Crippen LogP contribution in [-0.4, -0.2) is 72.2 Å². The van der Waals surface area contributed by atoms with Gasteiger partial charge in [-0.05, 0) is 49.5 Å². The quantitative estimate of drug-likeness (QED) is 0.389. The maximum absolute atomic E-state index is 14.2. The minimum Gasteiger partial charge on any atom is -0.403 e. The molecule has 0 radical (unpaired) electrons. The molecule has 2 aromatic rings. The molecular weight excluding hydrogens is 537 g/mol. The standard InChI is InChI=1S/C25H27F3N6O4S/c1-30-12-20(10-29)39(36,37)34(19-13-38-14-19)18-3-2-16-6-21-15(11-32-33-21)8-24(16,9-18)23(35)22-7-17(4-5-31-22)25(26,27)28/h4-7,10-12,18-19H,2-3,8-9,13-14,29H2,1H3,(H,32,33)/t18-,24-/m0/s1. The highest BCUT2D eigenvalue weighted by Crippen LogP contribution is 2.51. The summed E-state index contributed by atoms with van der Waals surface area (Å²) in [7, 11) is -2.71. The first-order valence-corrected chi connectivity index (χ1v) is 13.7. The van der Waals surface area contributed by atoms with E-state index in [1.807, 2.05) is 0 Å². The fourth-order valence-corrected chi connectivity index (χ4v) is 7.44. The summed E-state index contributed by atoms with van der Waals surface area (Å²) in [5.74, 6) is -0.594. The van der Waals surface area contributed by atoms with Gasteiger partial charge in [-0.2, -0.15) is 22.6 Å². The zero-order chi connectivity index (χ0) is 28.0. The number of carbonyl (C=O) groups is 1. The molecular formula is C25H27F3N6O4S. The van der Waals surface area contributed by atoms with Gasteiger partial charge in [0.25, 0.3) is 0 Å². The molecule has 208 valence electrons. The molecule has 2 aromatic heterocycles. The van der Waals surface area contributed by atoms with Crippen molar-refractivity contribution >= 4 is 28.1 Å². The Hall–Kier alpha value is -3.36. The third-order valence-electron chi connectivity index (χ3n) is 7.60. The molecule has 3 N–H and O–H groups in total. The second-order valence-electron chi connectivity index (χ2n) is 9.87. The van der Waals surface area contributed by atoms with Crippen molar-refractivity contribution in [3.8, 4) is 0 Å². The second kappa shape index (κ2) is 9.99. The van der Waals surface area contributed by atoms with Gasteiger partial charge < -0.3 is 10.5 Å². The Labute approximate surface area is 222 Å². The van der Waals surface area contributed by atoms with Crippen LogP contribution in [0.2, 0.25) is 0 Å². The van der Waals surface area contributed by atoms with Gasteiger partial charge >= 0.3 is 6.18 Å². The normalized spacial score (nSPS) is 24.3. The summed E-state index contributed by atoms with van der Waals surface area (Å²) in [4.78, 5) is 21.8. The van der Waals surface area contributed by atoms with Crippen LogP contribution >= 0.6 is 0 Å². The summed E-state index contributed by atoms with van der Waals surface area (Å²) in [6.45, 7) is 0.336. The molecule has 39 heavy (non-hydrogen) atoms. The monoisotopic (exact) mass is 564 g/mol. The molecule has 0 bridgehead atoms. The van der Waals surface area contributed by atoms with Crippen LogP contribution in [0.3, 0.4) is 0 Å². The predicted molar refractivity (Wildman–Crippen MR) is 136 cm³/mol. The lowest BCUT2D eigenvalue weighted by atomic mass is 9.60. The van der Waals surface area contributed by atoms with Crippen molar-refractivity contribution < 1.29 is 31.1 Å². The van der Waals surface area contributed by atoms with Gasteiger partial charge in [0, 0.05) is 31.7 Å². The van der Waals surface area contributed by atoms with Crippen molar-refractivity contribution in [2.24, 2.45) is 16.1 Å². The highest BCUT2D eigenvalue weighted by atomic mass is 32.2. The van der Waals surface area contributed by atoms with Crippen LogP contribution in [-0.2, 0) is 27.4 Å². The molecule has 0 unspecified atom stereocenters. The summed E-state index contributed by atoms with van der Waals surface area (Å²) in [5.41, 5.74) is 5.15.